The Balaban J connectivity index is 1.86. The van der Waals surface area contributed by atoms with Crippen LogP contribution in [0.3, 0.4) is 0 Å². The van der Waals surface area contributed by atoms with Crippen LogP contribution in [-0.4, -0.2) is 19.6 Å². The summed E-state index contributed by atoms with van der Waals surface area (Å²) in [7, 11) is 0. The van der Waals surface area contributed by atoms with E-state index in [2.05, 4.69) is 21.3 Å². The number of H-pyrrole nitrogens is 1. The molecule has 1 aromatic carbocycles. The number of thioether (sulfide) groups is 1. The molecule has 3 aromatic heterocycles. The minimum atomic E-state index is -0.148. The number of pyridine rings is 1. The molecule has 24 heavy (non-hydrogen) atoms. The van der Waals surface area contributed by atoms with Gasteiger partial charge in [0, 0.05) is 11.8 Å². The average molecular weight is 353 g/mol. The SMILES string of the molecule is Cc1nnc(SCc2cc(=O)n3c([nH]c4ccccc43)c2C#N)s1. The van der Waals surface area contributed by atoms with Crippen molar-refractivity contribution in [2.45, 2.75) is 17.0 Å². The molecule has 0 saturated heterocycles. The Bertz CT molecular complexity index is 1160. The second-order valence-corrected chi connectivity index (χ2v) is 7.60. The molecule has 4 aromatic rings. The number of fused-ring (bicyclic) bond motifs is 3. The van der Waals surface area contributed by atoms with Crippen LogP contribution in [0.4, 0.5) is 0 Å². The zero-order chi connectivity index (χ0) is 16.7. The molecule has 6 nitrogen and oxygen atoms in total. The fourth-order valence-corrected chi connectivity index (χ4v) is 4.43. The molecule has 0 aliphatic carbocycles. The molecule has 0 fully saturated rings. The summed E-state index contributed by atoms with van der Waals surface area (Å²) in [6, 6.07) is 11.3. The van der Waals surface area contributed by atoms with Crippen molar-refractivity contribution in [2.75, 3.05) is 0 Å². The Morgan fingerprint density at radius 3 is 2.96 bits per heavy atom. The van der Waals surface area contributed by atoms with Crippen LogP contribution in [0.1, 0.15) is 16.1 Å². The van der Waals surface area contributed by atoms with Crippen molar-refractivity contribution >= 4 is 39.8 Å². The Hall–Kier alpha value is -2.63. The first-order valence-corrected chi connectivity index (χ1v) is 8.96. The third kappa shape index (κ3) is 2.38. The lowest BCUT2D eigenvalue weighted by molar-refractivity contribution is 0.983. The number of para-hydroxylation sites is 2. The largest absolute Gasteiger partial charge is 0.338 e. The number of aromatic amines is 1. The Morgan fingerprint density at radius 2 is 2.21 bits per heavy atom. The maximum Gasteiger partial charge on any atom is 0.257 e. The summed E-state index contributed by atoms with van der Waals surface area (Å²) < 4.78 is 2.38. The summed E-state index contributed by atoms with van der Waals surface area (Å²) in [5, 5.41) is 18.5. The molecule has 4 rings (SSSR count). The molecule has 3 heterocycles. The zero-order valence-electron chi connectivity index (χ0n) is 12.6. The molecule has 0 saturated carbocycles. The number of aromatic nitrogens is 4. The fourth-order valence-electron chi connectivity index (χ4n) is 2.63. The van der Waals surface area contributed by atoms with E-state index in [1.54, 1.807) is 4.40 Å². The van der Waals surface area contributed by atoms with Crippen LogP contribution in [0.15, 0.2) is 39.5 Å². The van der Waals surface area contributed by atoms with E-state index in [-0.39, 0.29) is 5.56 Å². The standard InChI is InChI=1S/C16H11N5OS2/c1-9-19-20-16(24-9)23-8-10-6-14(22)21-13-5-3-2-4-12(13)18-15(21)11(10)7-17/h2-6,18H,8H2,1H3. The highest BCUT2D eigenvalue weighted by molar-refractivity contribution is 8.00. The number of benzene rings is 1. The molecular weight excluding hydrogens is 342 g/mol. The maximum absolute atomic E-state index is 12.6. The number of nitrogens with one attached hydrogen (secondary N) is 1. The van der Waals surface area contributed by atoms with Crippen molar-refractivity contribution in [2.24, 2.45) is 0 Å². The molecule has 118 valence electrons. The first kappa shape index (κ1) is 14.9. The van der Waals surface area contributed by atoms with E-state index in [9.17, 15) is 10.1 Å². The third-order valence-electron chi connectivity index (χ3n) is 3.67. The number of aryl methyl sites for hydroxylation is 1. The molecule has 0 amide bonds. The third-order valence-corrected chi connectivity index (χ3v) is 5.69. The van der Waals surface area contributed by atoms with Gasteiger partial charge >= 0.3 is 0 Å². The van der Waals surface area contributed by atoms with Gasteiger partial charge in [0.1, 0.15) is 16.7 Å². The van der Waals surface area contributed by atoms with Gasteiger partial charge in [0.05, 0.1) is 16.6 Å². The monoisotopic (exact) mass is 353 g/mol. The van der Waals surface area contributed by atoms with Crippen LogP contribution in [-0.2, 0) is 5.75 Å². The number of imidazole rings is 1. The summed E-state index contributed by atoms with van der Waals surface area (Å²) in [5.41, 5.74) is 3.18. The predicted molar refractivity (Wildman–Crippen MR) is 94.4 cm³/mol. The summed E-state index contributed by atoms with van der Waals surface area (Å²) >= 11 is 2.98. The van der Waals surface area contributed by atoms with Crippen LogP contribution in [0.2, 0.25) is 0 Å². The van der Waals surface area contributed by atoms with Crippen LogP contribution in [0.5, 0.6) is 0 Å². The van der Waals surface area contributed by atoms with E-state index in [0.717, 1.165) is 20.4 Å². The molecular formula is C16H11N5OS2. The van der Waals surface area contributed by atoms with Gasteiger partial charge in [-0.2, -0.15) is 5.26 Å². The topological polar surface area (TPSA) is 86.8 Å². The van der Waals surface area contributed by atoms with Gasteiger partial charge in [0.25, 0.3) is 5.56 Å². The van der Waals surface area contributed by atoms with Gasteiger partial charge in [-0.25, -0.2) is 0 Å². The highest BCUT2D eigenvalue weighted by Gasteiger charge is 2.15. The lowest BCUT2D eigenvalue weighted by atomic mass is 10.1. The van der Waals surface area contributed by atoms with E-state index in [4.69, 9.17) is 0 Å². The number of nitriles is 1. The van der Waals surface area contributed by atoms with Crippen molar-refractivity contribution in [1.29, 1.82) is 5.26 Å². The molecule has 0 unspecified atom stereocenters. The summed E-state index contributed by atoms with van der Waals surface area (Å²) in [4.78, 5) is 15.7. The highest BCUT2D eigenvalue weighted by atomic mass is 32.2. The quantitative estimate of drug-likeness (QED) is 0.572. The molecule has 0 spiro atoms. The number of hydrogen-bond donors (Lipinski definition) is 1. The first-order chi connectivity index (χ1) is 11.7. The average Bonchev–Trinajstić information content (AvgIpc) is 3.16. The molecule has 1 N–H and O–H groups in total. The highest BCUT2D eigenvalue weighted by Crippen LogP contribution is 2.28. The second-order valence-electron chi connectivity index (χ2n) is 5.20. The smallest absolute Gasteiger partial charge is 0.257 e. The fraction of sp³-hybridized carbons (Fsp3) is 0.125. The van der Waals surface area contributed by atoms with E-state index >= 15 is 0 Å². The van der Waals surface area contributed by atoms with E-state index in [1.807, 2.05) is 31.2 Å². The van der Waals surface area contributed by atoms with Gasteiger partial charge in [-0.3, -0.25) is 9.20 Å². The van der Waals surface area contributed by atoms with Gasteiger partial charge in [0.15, 0.2) is 4.34 Å². The molecule has 0 aliphatic rings. The maximum atomic E-state index is 12.6. The number of rotatable bonds is 3. The first-order valence-electron chi connectivity index (χ1n) is 7.16. The second kappa shape index (κ2) is 5.78. The Morgan fingerprint density at radius 1 is 1.38 bits per heavy atom. The Kier molecular flexibility index (Phi) is 3.59. The summed E-state index contributed by atoms with van der Waals surface area (Å²) in [6.07, 6.45) is 0. The van der Waals surface area contributed by atoms with Crippen LogP contribution in [0.25, 0.3) is 16.7 Å². The van der Waals surface area contributed by atoms with Crippen molar-refractivity contribution < 1.29 is 0 Å². The van der Waals surface area contributed by atoms with E-state index in [1.165, 1.54) is 29.2 Å². The van der Waals surface area contributed by atoms with Gasteiger partial charge in [-0.05, 0) is 24.6 Å². The van der Waals surface area contributed by atoms with Crippen molar-refractivity contribution in [3.8, 4) is 6.07 Å². The van der Waals surface area contributed by atoms with Gasteiger partial charge in [-0.15, -0.1) is 10.2 Å². The minimum Gasteiger partial charge on any atom is -0.338 e. The number of hydrogen-bond acceptors (Lipinski definition) is 6. The van der Waals surface area contributed by atoms with Crippen molar-refractivity contribution in [3.05, 3.63) is 56.8 Å². The molecule has 0 atom stereocenters. The summed E-state index contributed by atoms with van der Waals surface area (Å²) in [5.74, 6) is 0.499. The van der Waals surface area contributed by atoms with Gasteiger partial charge in [-0.1, -0.05) is 35.2 Å². The zero-order valence-corrected chi connectivity index (χ0v) is 14.2. The predicted octanol–water partition coefficient (Wildman–Crippen LogP) is 3.10. The van der Waals surface area contributed by atoms with Gasteiger partial charge in [0.2, 0.25) is 0 Å². The normalized spacial score (nSPS) is 11.2. The summed E-state index contributed by atoms with van der Waals surface area (Å²) in [6.45, 7) is 1.89. The van der Waals surface area contributed by atoms with Crippen molar-refractivity contribution in [1.82, 2.24) is 19.6 Å². The van der Waals surface area contributed by atoms with Crippen LogP contribution in [0, 0.1) is 18.3 Å². The van der Waals surface area contributed by atoms with Crippen LogP contribution >= 0.6 is 23.1 Å². The Labute approximate surface area is 144 Å². The molecule has 8 heteroatoms. The lowest BCUT2D eigenvalue weighted by Crippen LogP contribution is -2.14. The van der Waals surface area contributed by atoms with Crippen LogP contribution < -0.4 is 5.56 Å². The van der Waals surface area contributed by atoms with E-state index in [0.29, 0.717) is 22.5 Å². The van der Waals surface area contributed by atoms with Gasteiger partial charge < -0.3 is 4.98 Å². The number of nitrogens with zero attached hydrogens (tertiary/aromatic N) is 4. The van der Waals surface area contributed by atoms with E-state index < -0.39 is 0 Å². The molecule has 0 aliphatic heterocycles. The molecule has 0 bridgehead atoms. The lowest BCUT2D eigenvalue weighted by Gasteiger charge is -2.04. The van der Waals surface area contributed by atoms with Crippen molar-refractivity contribution in [3.63, 3.8) is 0 Å². The minimum absolute atomic E-state index is 0.148. The molecule has 0 radical (unpaired) electrons.